The molecule has 2 aromatic rings. The maximum absolute atomic E-state index is 14.6. The molecule has 80 heavy (non-hydrogen) atoms. The summed E-state index contributed by atoms with van der Waals surface area (Å²) >= 11 is 0. The van der Waals surface area contributed by atoms with Crippen molar-refractivity contribution in [2.45, 2.75) is 211 Å². The van der Waals surface area contributed by atoms with Gasteiger partial charge in [-0.2, -0.15) is 8.42 Å². The van der Waals surface area contributed by atoms with Gasteiger partial charge in [-0.05, 0) is 126 Å². The summed E-state index contributed by atoms with van der Waals surface area (Å²) in [5.41, 5.74) is -5.00. The molecule has 5 N–H and O–H groups in total. The van der Waals surface area contributed by atoms with Gasteiger partial charge in [0.05, 0.1) is 69.8 Å². The lowest BCUT2D eigenvalue weighted by molar-refractivity contribution is -0.317. The van der Waals surface area contributed by atoms with Crippen LogP contribution in [0.15, 0.2) is 23.1 Å². The summed E-state index contributed by atoms with van der Waals surface area (Å²) in [4.78, 5) is 56.1. The largest absolute Gasteiger partial charge is 0.489 e. The fourth-order valence-electron chi connectivity index (χ4n) is 12.4. The number of aliphatic hydroxyl groups excluding tert-OH is 2. The number of nitrogens with zero attached hydrogens (tertiary/aromatic N) is 2. The van der Waals surface area contributed by atoms with Gasteiger partial charge >= 0.3 is 11.9 Å². The van der Waals surface area contributed by atoms with Crippen molar-refractivity contribution in [3.63, 3.8) is 0 Å². The third-order valence-corrected chi connectivity index (χ3v) is 18.6. The average molecular weight is 1150 g/mol. The number of aliphatic hydroxyl groups is 3. The normalized spacial score (nSPS) is 37.5. The van der Waals surface area contributed by atoms with Gasteiger partial charge in [-0.3, -0.25) is 18.6 Å². The Balaban J connectivity index is 1.21. The number of carboxylic acid groups (broad SMARTS) is 1. The van der Waals surface area contributed by atoms with E-state index in [-0.39, 0.29) is 61.3 Å². The highest BCUT2D eigenvalue weighted by Crippen LogP contribution is 2.43. The number of Topliss-reactive ketones (excluding diaryl/α,β-unsaturated/α-hetero) is 1. The number of benzene rings is 1. The van der Waals surface area contributed by atoms with Gasteiger partial charge in [0.25, 0.3) is 10.1 Å². The molecule has 22 nitrogen and oxygen atoms in total. The van der Waals surface area contributed by atoms with Crippen LogP contribution in [0.25, 0.3) is 10.9 Å². The SMILES string of the molecule is CC[C@H]1OC(=O)[C@H](C)[C@@H](O[C@H]2C[C@@](C)(OC)[C@@H](OS(=O)(=O)CCNCCCc3cc4c5c(c3)c(=O)c(C(=O)O)cn5C(C)(C)CO4)[C@H](C)O2)[C@H](C)[C@@H](O[C@@H]2O[C@H](C)C[C@H](N(C)C)[C@H]2O)[C@](C)(OC)C[C@@H](C)C(=O)[C@H](C)[C@@H](O)[C@]1(C)O. The van der Waals surface area contributed by atoms with E-state index in [2.05, 4.69) is 5.32 Å². The average Bonchev–Trinajstić information content (AvgIpc) is 3.39. The van der Waals surface area contributed by atoms with Gasteiger partial charge in [0, 0.05) is 57.2 Å². The molecule has 0 bridgehead atoms. The van der Waals surface area contributed by atoms with Crippen LogP contribution in [0, 0.1) is 23.7 Å². The smallest absolute Gasteiger partial charge is 0.341 e. The minimum absolute atomic E-state index is 0.0274. The highest BCUT2D eigenvalue weighted by Gasteiger charge is 2.55. The molecule has 0 unspecified atom stereocenters. The summed E-state index contributed by atoms with van der Waals surface area (Å²) in [5.74, 6) is -6.29. The number of aryl methyl sites for hydroxylation is 1. The van der Waals surface area contributed by atoms with E-state index < -0.39 is 135 Å². The van der Waals surface area contributed by atoms with Crippen LogP contribution in [0.4, 0.5) is 0 Å². The standard InChI is InChI=1S/C57H91N3O19S/c1-17-41-57(12,68)48(64)32(4)44(61)30(2)26-55(10,71-15)49(78-53-46(63)39(59(13)14)23-31(3)74-53)33(5)47(34(6)52(67)76-41)77-42-27-56(11,72-16)50(35(7)75-42)79-80(69,70)22-21-58-20-18-19-36-24-37-43-40(25-36)73-29-54(8,9)60(43)28-38(45(37)62)51(65)66/h24-25,28,30-35,39,41-42,46-50,53,58,63-64,68H,17-23,26-27,29H2,1-16H3,(H,65,66)/t30-,31-,32+,33+,34-,35+,39+,41-,42+,46-,47+,48-,49-,50+,53+,55-,56-,57-/m1/s1. The first-order valence-corrected chi connectivity index (χ1v) is 29.7. The molecular formula is C57H91N3O19S. The number of carboxylic acids is 1. The van der Waals surface area contributed by atoms with Gasteiger partial charge in [0.15, 0.2) is 12.6 Å². The summed E-state index contributed by atoms with van der Waals surface area (Å²) in [5, 5.41) is 48.5. The van der Waals surface area contributed by atoms with E-state index in [1.807, 2.05) is 45.8 Å². The molecule has 0 amide bonds. The number of hydrogen-bond acceptors (Lipinski definition) is 20. The fourth-order valence-corrected chi connectivity index (χ4v) is 13.6. The molecule has 0 radical (unpaired) electrons. The Morgan fingerprint density at radius 1 is 0.900 bits per heavy atom. The number of esters is 1. The Bertz CT molecular complexity index is 2680. The second-order valence-corrected chi connectivity index (χ2v) is 26.2. The van der Waals surface area contributed by atoms with Crippen molar-refractivity contribution in [1.82, 2.24) is 14.8 Å². The highest BCUT2D eigenvalue weighted by atomic mass is 32.2. The number of carbonyl (C=O) groups excluding carboxylic acids is 2. The van der Waals surface area contributed by atoms with Crippen LogP contribution < -0.4 is 15.5 Å². The van der Waals surface area contributed by atoms with Crippen molar-refractivity contribution >= 4 is 38.7 Å². The van der Waals surface area contributed by atoms with Gasteiger partial charge in [-0.15, -0.1) is 0 Å². The summed E-state index contributed by atoms with van der Waals surface area (Å²) < 4.78 is 86.3. The molecule has 0 aliphatic carbocycles. The van der Waals surface area contributed by atoms with Gasteiger partial charge in [0.1, 0.15) is 47.6 Å². The Morgan fingerprint density at radius 3 is 2.16 bits per heavy atom. The third-order valence-electron chi connectivity index (χ3n) is 17.4. The van der Waals surface area contributed by atoms with Crippen LogP contribution in [0.5, 0.6) is 5.75 Å². The monoisotopic (exact) mass is 1150 g/mol. The Morgan fingerprint density at radius 2 is 1.55 bits per heavy atom. The molecule has 1 aromatic heterocycles. The molecule has 23 heteroatoms. The number of pyridine rings is 1. The zero-order valence-corrected chi connectivity index (χ0v) is 50.5. The number of hydrogen-bond donors (Lipinski definition) is 5. The zero-order chi connectivity index (χ0) is 59.8. The molecule has 3 saturated heterocycles. The van der Waals surface area contributed by atoms with Crippen LogP contribution in [0.3, 0.4) is 0 Å². The van der Waals surface area contributed by atoms with Crippen LogP contribution in [0.2, 0.25) is 0 Å². The van der Waals surface area contributed by atoms with E-state index in [1.165, 1.54) is 34.3 Å². The maximum Gasteiger partial charge on any atom is 0.341 e. The Kier molecular flexibility index (Phi) is 21.0. The minimum atomic E-state index is -4.23. The number of nitrogens with one attached hydrogen (secondary N) is 1. The first kappa shape index (κ1) is 65.5. The number of methoxy groups -OCH3 is 2. The molecule has 4 aliphatic rings. The first-order valence-electron chi connectivity index (χ1n) is 28.1. The number of aromatic carboxylic acids is 1. The fraction of sp³-hybridized carbons (Fsp3) is 0.789. The van der Waals surface area contributed by atoms with Gasteiger partial charge in [0.2, 0.25) is 5.43 Å². The number of likely N-dealkylation sites (N-methyl/N-ethyl adjacent to an activating group) is 1. The molecule has 0 spiro atoms. The first-order chi connectivity index (χ1) is 37.2. The quantitative estimate of drug-likeness (QED) is 0.0796. The van der Waals surface area contributed by atoms with E-state index in [1.54, 1.807) is 59.1 Å². The van der Waals surface area contributed by atoms with Crippen molar-refractivity contribution in [3.8, 4) is 5.75 Å². The van der Waals surface area contributed by atoms with Crippen LogP contribution in [-0.4, -0.2) is 194 Å². The lowest BCUT2D eigenvalue weighted by Crippen LogP contribution is -2.62. The maximum atomic E-state index is 14.6. The molecule has 1 aromatic carbocycles. The summed E-state index contributed by atoms with van der Waals surface area (Å²) in [6.45, 7) is 21.1. The van der Waals surface area contributed by atoms with Crippen molar-refractivity contribution in [1.29, 1.82) is 0 Å². The van der Waals surface area contributed by atoms with Gasteiger partial charge < -0.3 is 73.1 Å². The van der Waals surface area contributed by atoms with Crippen molar-refractivity contribution in [3.05, 3.63) is 39.7 Å². The second-order valence-electron chi connectivity index (χ2n) is 24.5. The Hall–Kier alpha value is -3.69. The van der Waals surface area contributed by atoms with Gasteiger partial charge in [-0.25, -0.2) is 4.79 Å². The van der Waals surface area contributed by atoms with Crippen LogP contribution in [0.1, 0.15) is 131 Å². The molecule has 0 saturated carbocycles. The summed E-state index contributed by atoms with van der Waals surface area (Å²) in [7, 11) is 2.36. The molecule has 3 fully saturated rings. The summed E-state index contributed by atoms with van der Waals surface area (Å²) in [6.07, 6.45) is -8.23. The zero-order valence-electron chi connectivity index (χ0n) is 49.7. The molecule has 6 rings (SSSR count). The predicted octanol–water partition coefficient (Wildman–Crippen LogP) is 4.16. The lowest BCUT2D eigenvalue weighted by atomic mass is 9.74. The van der Waals surface area contributed by atoms with Crippen LogP contribution in [-0.2, 0) is 69.0 Å². The second kappa shape index (κ2) is 25.7. The van der Waals surface area contributed by atoms with E-state index in [9.17, 15) is 48.0 Å². The van der Waals surface area contributed by atoms with Crippen molar-refractivity contribution in [2.75, 3.05) is 53.8 Å². The number of rotatable bonds is 18. The third kappa shape index (κ3) is 13.9. The molecule has 18 atom stereocenters. The van der Waals surface area contributed by atoms with Crippen molar-refractivity contribution in [2.24, 2.45) is 23.7 Å². The number of cyclic esters (lactones) is 1. The highest BCUT2D eigenvalue weighted by molar-refractivity contribution is 7.86. The van der Waals surface area contributed by atoms with Crippen LogP contribution >= 0.6 is 0 Å². The molecular weight excluding hydrogens is 1060 g/mol. The van der Waals surface area contributed by atoms with Crippen molar-refractivity contribution < 1.29 is 85.3 Å². The Labute approximate surface area is 471 Å². The number of aromatic nitrogens is 1. The topological polar surface area (TPSA) is 287 Å². The number of ketones is 1. The lowest BCUT2D eigenvalue weighted by Gasteiger charge is -2.50. The molecule has 454 valence electrons. The number of ether oxygens (including phenoxy) is 8. The predicted molar refractivity (Wildman–Crippen MR) is 295 cm³/mol. The van der Waals surface area contributed by atoms with E-state index in [0.717, 1.165) is 5.56 Å². The summed E-state index contributed by atoms with van der Waals surface area (Å²) in [6, 6.07) is 3.17. The number of carbonyl (C=O) groups is 3. The van der Waals surface area contributed by atoms with E-state index >= 15 is 0 Å². The van der Waals surface area contributed by atoms with E-state index in [0.29, 0.717) is 37.1 Å². The van der Waals surface area contributed by atoms with E-state index in [4.69, 9.17) is 42.1 Å². The minimum Gasteiger partial charge on any atom is -0.489 e. The molecule has 4 aliphatic heterocycles. The van der Waals surface area contributed by atoms with Gasteiger partial charge in [-0.1, -0.05) is 27.7 Å². The molecule has 5 heterocycles.